The first kappa shape index (κ1) is 18.2. The molecule has 0 aromatic rings. The molecule has 1 aliphatic rings. The molecule has 19 heavy (non-hydrogen) atoms. The van der Waals surface area contributed by atoms with Crippen LogP contribution in [0.2, 0.25) is 0 Å². The molecule has 112 valence electrons. The quantitative estimate of drug-likeness (QED) is 0.808. The van der Waals surface area contributed by atoms with Crippen molar-refractivity contribution in [2.75, 3.05) is 26.2 Å². The fourth-order valence-corrected chi connectivity index (χ4v) is 1.90. The maximum Gasteiger partial charge on any atom is 0.225 e. The number of rotatable bonds is 3. The highest BCUT2D eigenvalue weighted by Crippen LogP contribution is 2.12. The second-order valence-corrected chi connectivity index (χ2v) is 5.90. The summed E-state index contributed by atoms with van der Waals surface area (Å²) in [7, 11) is 0. The van der Waals surface area contributed by atoms with Gasteiger partial charge in [0.05, 0.1) is 0 Å². The fraction of sp³-hybridized carbons (Fsp3) is 0.846. The molecule has 1 heterocycles. The van der Waals surface area contributed by atoms with Crippen molar-refractivity contribution in [2.45, 2.75) is 40.2 Å². The Hall–Kier alpha value is -0.810. The van der Waals surface area contributed by atoms with Crippen molar-refractivity contribution in [3.05, 3.63) is 0 Å². The molecule has 2 amide bonds. The second kappa shape index (κ2) is 7.70. The highest BCUT2D eigenvalue weighted by Gasteiger charge is 2.24. The van der Waals surface area contributed by atoms with E-state index in [9.17, 15) is 9.59 Å². The molecule has 0 spiro atoms. The molecule has 0 aliphatic carbocycles. The number of hydrogen-bond acceptors (Lipinski definition) is 3. The highest BCUT2D eigenvalue weighted by atomic mass is 35.5. The van der Waals surface area contributed by atoms with Gasteiger partial charge in [-0.15, -0.1) is 12.4 Å². The van der Waals surface area contributed by atoms with Gasteiger partial charge in [0.25, 0.3) is 0 Å². The third-order valence-electron chi connectivity index (χ3n) is 3.13. The van der Waals surface area contributed by atoms with Crippen LogP contribution in [0.15, 0.2) is 0 Å². The van der Waals surface area contributed by atoms with Crippen molar-refractivity contribution in [3.8, 4) is 0 Å². The van der Waals surface area contributed by atoms with Crippen molar-refractivity contribution >= 4 is 24.2 Å². The summed E-state index contributed by atoms with van der Waals surface area (Å²) in [4.78, 5) is 25.5. The summed E-state index contributed by atoms with van der Waals surface area (Å²) in [6.45, 7) is 10.5. The van der Waals surface area contributed by atoms with Crippen molar-refractivity contribution in [3.63, 3.8) is 0 Å². The van der Waals surface area contributed by atoms with Gasteiger partial charge in [-0.1, -0.05) is 20.8 Å². The van der Waals surface area contributed by atoms with Crippen molar-refractivity contribution in [2.24, 2.45) is 5.41 Å². The van der Waals surface area contributed by atoms with E-state index in [1.165, 1.54) is 0 Å². The van der Waals surface area contributed by atoms with Crippen molar-refractivity contribution in [1.82, 2.24) is 15.5 Å². The lowest BCUT2D eigenvalue weighted by molar-refractivity contribution is -0.134. The van der Waals surface area contributed by atoms with Gasteiger partial charge in [0.1, 0.15) is 0 Å². The lowest BCUT2D eigenvalue weighted by Gasteiger charge is -2.34. The summed E-state index contributed by atoms with van der Waals surface area (Å²) < 4.78 is 0. The van der Waals surface area contributed by atoms with Gasteiger partial charge in [0, 0.05) is 44.1 Å². The summed E-state index contributed by atoms with van der Waals surface area (Å²) in [6.07, 6.45) is 0.381. The van der Waals surface area contributed by atoms with Gasteiger partial charge in [0.2, 0.25) is 11.8 Å². The molecule has 0 saturated carbocycles. The lowest BCUT2D eigenvalue weighted by atomic mass is 9.96. The molecule has 0 radical (unpaired) electrons. The maximum atomic E-state index is 12.0. The largest absolute Gasteiger partial charge is 0.355 e. The lowest BCUT2D eigenvalue weighted by Crippen LogP contribution is -2.52. The standard InChI is InChI=1S/C13H25N3O2.ClH/c1-10-9-14-7-8-16(10)11(17)5-6-15-12(18)13(2,3)4;/h10,14H,5-9H2,1-4H3,(H,15,18);1H/t10-;/m0./s1. The van der Waals surface area contributed by atoms with Gasteiger partial charge in [0.15, 0.2) is 0 Å². The topological polar surface area (TPSA) is 61.4 Å². The Morgan fingerprint density at radius 3 is 2.53 bits per heavy atom. The molecule has 6 heteroatoms. The molecule has 1 rings (SSSR count). The molecule has 0 aromatic carbocycles. The van der Waals surface area contributed by atoms with Crippen LogP contribution in [-0.4, -0.2) is 48.9 Å². The van der Waals surface area contributed by atoms with Gasteiger partial charge in [-0.25, -0.2) is 0 Å². The minimum Gasteiger partial charge on any atom is -0.355 e. The van der Waals surface area contributed by atoms with E-state index in [1.54, 1.807) is 0 Å². The zero-order valence-corrected chi connectivity index (χ0v) is 13.1. The van der Waals surface area contributed by atoms with Crippen LogP contribution >= 0.6 is 12.4 Å². The summed E-state index contributed by atoms with van der Waals surface area (Å²) in [5.41, 5.74) is -0.397. The monoisotopic (exact) mass is 291 g/mol. The number of piperazine rings is 1. The van der Waals surface area contributed by atoms with Crippen molar-refractivity contribution in [1.29, 1.82) is 0 Å². The van der Waals surface area contributed by atoms with E-state index >= 15 is 0 Å². The highest BCUT2D eigenvalue weighted by molar-refractivity contribution is 5.85. The van der Waals surface area contributed by atoms with Crippen LogP contribution in [0.1, 0.15) is 34.1 Å². The van der Waals surface area contributed by atoms with E-state index < -0.39 is 5.41 Å². The molecule has 0 aromatic heterocycles. The number of halogens is 1. The number of hydrogen-bond donors (Lipinski definition) is 2. The van der Waals surface area contributed by atoms with Crippen LogP contribution in [0.4, 0.5) is 0 Å². The molecule has 5 nitrogen and oxygen atoms in total. The Morgan fingerprint density at radius 1 is 1.37 bits per heavy atom. The second-order valence-electron chi connectivity index (χ2n) is 5.90. The minimum absolute atomic E-state index is 0. The number of carbonyl (C=O) groups is 2. The zero-order chi connectivity index (χ0) is 13.8. The first-order valence-electron chi connectivity index (χ1n) is 6.61. The normalized spacial score (nSPS) is 19.6. The van der Waals surface area contributed by atoms with Crippen LogP contribution < -0.4 is 10.6 Å². The number of nitrogens with zero attached hydrogens (tertiary/aromatic N) is 1. The summed E-state index contributed by atoms with van der Waals surface area (Å²) in [5.74, 6) is 0.113. The SMILES string of the molecule is C[C@H]1CNCCN1C(=O)CCNC(=O)C(C)(C)C.Cl. The minimum atomic E-state index is -0.397. The van der Waals surface area contributed by atoms with Crippen LogP contribution in [0.25, 0.3) is 0 Å². The predicted octanol–water partition coefficient (Wildman–Crippen LogP) is 0.781. The van der Waals surface area contributed by atoms with Crippen LogP contribution in [0.5, 0.6) is 0 Å². The predicted molar refractivity (Wildman–Crippen MR) is 78.4 cm³/mol. The van der Waals surface area contributed by atoms with E-state index in [0.29, 0.717) is 13.0 Å². The Morgan fingerprint density at radius 2 is 2.00 bits per heavy atom. The summed E-state index contributed by atoms with van der Waals surface area (Å²) >= 11 is 0. The van der Waals surface area contributed by atoms with E-state index in [0.717, 1.165) is 19.6 Å². The van der Waals surface area contributed by atoms with E-state index in [4.69, 9.17) is 0 Å². The van der Waals surface area contributed by atoms with E-state index in [-0.39, 0.29) is 30.3 Å². The average molecular weight is 292 g/mol. The van der Waals surface area contributed by atoms with Crippen molar-refractivity contribution < 1.29 is 9.59 Å². The third-order valence-corrected chi connectivity index (χ3v) is 3.13. The molecule has 0 bridgehead atoms. The number of carbonyl (C=O) groups excluding carboxylic acids is 2. The summed E-state index contributed by atoms with van der Waals surface area (Å²) in [5, 5.41) is 6.06. The molecular weight excluding hydrogens is 266 g/mol. The maximum absolute atomic E-state index is 12.0. The molecule has 2 N–H and O–H groups in total. The fourth-order valence-electron chi connectivity index (χ4n) is 1.90. The number of nitrogens with one attached hydrogen (secondary N) is 2. The molecule has 1 aliphatic heterocycles. The van der Waals surface area contributed by atoms with Gasteiger partial charge in [-0.3, -0.25) is 9.59 Å². The molecular formula is C13H26ClN3O2. The average Bonchev–Trinajstić information content (AvgIpc) is 2.28. The Bertz CT molecular complexity index is 316. The Kier molecular flexibility index (Phi) is 7.37. The summed E-state index contributed by atoms with van der Waals surface area (Å²) in [6, 6.07) is 0.240. The molecule has 1 fully saturated rings. The van der Waals surface area contributed by atoms with E-state index in [1.807, 2.05) is 32.6 Å². The first-order valence-corrected chi connectivity index (χ1v) is 6.61. The van der Waals surface area contributed by atoms with Gasteiger partial charge in [-0.2, -0.15) is 0 Å². The zero-order valence-electron chi connectivity index (χ0n) is 12.3. The van der Waals surface area contributed by atoms with Gasteiger partial charge >= 0.3 is 0 Å². The Balaban J connectivity index is 0.00000324. The number of amides is 2. The molecule has 1 saturated heterocycles. The molecule has 0 unspecified atom stereocenters. The third kappa shape index (κ3) is 5.78. The Labute approximate surface area is 121 Å². The van der Waals surface area contributed by atoms with Crippen LogP contribution in [0, 0.1) is 5.41 Å². The van der Waals surface area contributed by atoms with Crippen LogP contribution in [0.3, 0.4) is 0 Å². The van der Waals surface area contributed by atoms with Gasteiger partial charge < -0.3 is 15.5 Å². The molecule has 1 atom stereocenters. The first-order chi connectivity index (χ1) is 8.32. The van der Waals surface area contributed by atoms with Crippen LogP contribution in [-0.2, 0) is 9.59 Å². The van der Waals surface area contributed by atoms with Gasteiger partial charge in [-0.05, 0) is 6.92 Å². The van der Waals surface area contributed by atoms with E-state index in [2.05, 4.69) is 10.6 Å². The smallest absolute Gasteiger partial charge is 0.225 e.